The van der Waals surface area contributed by atoms with Crippen LogP contribution in [-0.4, -0.2) is 28.7 Å². The molecule has 1 rings (SSSR count). The summed E-state index contributed by atoms with van der Waals surface area (Å²) in [5.41, 5.74) is 5.76. The molecule has 0 radical (unpaired) electrons. The van der Waals surface area contributed by atoms with Crippen LogP contribution in [0.15, 0.2) is 12.4 Å². The third-order valence-electron chi connectivity index (χ3n) is 2.50. The molecule has 84 valence electrons. The number of hydrogen-bond donors (Lipinski definition) is 1. The number of carbonyl (C=O) groups is 1. The van der Waals surface area contributed by atoms with Gasteiger partial charge >= 0.3 is 5.97 Å². The molecule has 2 atom stereocenters. The molecular weight excluding hydrogens is 194 g/mol. The quantitative estimate of drug-likeness (QED) is 0.736. The minimum absolute atomic E-state index is 0.144. The van der Waals surface area contributed by atoms with Crippen molar-refractivity contribution >= 4 is 5.97 Å². The van der Waals surface area contributed by atoms with E-state index < -0.39 is 12.0 Å². The molecule has 5 heteroatoms. The molecular formula is C10H17N3O2. The second kappa shape index (κ2) is 4.93. The lowest BCUT2D eigenvalue weighted by atomic mass is 10.1. The zero-order valence-corrected chi connectivity index (χ0v) is 9.30. The van der Waals surface area contributed by atoms with E-state index in [0.717, 1.165) is 12.2 Å². The molecule has 0 fully saturated rings. The Morgan fingerprint density at radius 1 is 1.73 bits per heavy atom. The molecule has 0 aliphatic carbocycles. The third kappa shape index (κ3) is 2.36. The average molecular weight is 211 g/mol. The highest BCUT2D eigenvalue weighted by molar-refractivity contribution is 5.75. The molecule has 5 nitrogen and oxygen atoms in total. The number of hydrogen-bond acceptors (Lipinski definition) is 4. The first kappa shape index (κ1) is 11.7. The van der Waals surface area contributed by atoms with Crippen LogP contribution in [0.4, 0.5) is 0 Å². The van der Waals surface area contributed by atoms with E-state index in [1.807, 2.05) is 24.6 Å². The second-order valence-corrected chi connectivity index (χ2v) is 3.39. The molecule has 0 aliphatic rings. The van der Waals surface area contributed by atoms with Gasteiger partial charge < -0.3 is 15.0 Å². The molecule has 2 unspecified atom stereocenters. The highest BCUT2D eigenvalue weighted by Gasteiger charge is 2.23. The van der Waals surface area contributed by atoms with Gasteiger partial charge in [0.1, 0.15) is 11.9 Å². The Bertz CT molecular complexity index is 335. The Labute approximate surface area is 89.2 Å². The van der Waals surface area contributed by atoms with Crippen LogP contribution in [0.1, 0.15) is 25.7 Å². The molecule has 0 spiro atoms. The summed E-state index contributed by atoms with van der Waals surface area (Å²) in [6.07, 6.45) is 4.34. The molecule has 1 aromatic rings. The first-order chi connectivity index (χ1) is 7.11. The van der Waals surface area contributed by atoms with Crippen molar-refractivity contribution in [3.05, 3.63) is 18.2 Å². The lowest BCUT2D eigenvalue weighted by molar-refractivity contribution is -0.143. The molecule has 0 aliphatic heterocycles. The SMILES string of the molecule is CCc1nccn1C(C)C(N)C(=O)OC. The van der Waals surface area contributed by atoms with Crippen molar-refractivity contribution in [2.24, 2.45) is 5.73 Å². The van der Waals surface area contributed by atoms with Crippen LogP contribution in [0.5, 0.6) is 0 Å². The topological polar surface area (TPSA) is 70.1 Å². The van der Waals surface area contributed by atoms with Crippen molar-refractivity contribution in [3.63, 3.8) is 0 Å². The standard InChI is InChI=1S/C10H17N3O2/c1-4-8-12-5-6-13(8)7(2)9(11)10(14)15-3/h5-7,9H,4,11H2,1-3H3. The van der Waals surface area contributed by atoms with E-state index in [4.69, 9.17) is 5.73 Å². The Kier molecular flexibility index (Phi) is 3.85. The Morgan fingerprint density at radius 3 is 2.93 bits per heavy atom. The summed E-state index contributed by atoms with van der Waals surface area (Å²) in [6, 6.07) is -0.801. The summed E-state index contributed by atoms with van der Waals surface area (Å²) < 4.78 is 6.51. The number of imidazole rings is 1. The van der Waals surface area contributed by atoms with Gasteiger partial charge in [-0.1, -0.05) is 6.92 Å². The fraction of sp³-hybridized carbons (Fsp3) is 0.600. The van der Waals surface area contributed by atoms with Crippen LogP contribution in [0.2, 0.25) is 0 Å². The maximum atomic E-state index is 11.3. The van der Waals surface area contributed by atoms with Gasteiger partial charge in [-0.15, -0.1) is 0 Å². The molecule has 0 aromatic carbocycles. The number of methoxy groups -OCH3 is 1. The third-order valence-corrected chi connectivity index (χ3v) is 2.50. The molecule has 1 heterocycles. The van der Waals surface area contributed by atoms with Gasteiger partial charge in [0.2, 0.25) is 0 Å². The fourth-order valence-corrected chi connectivity index (χ4v) is 1.49. The van der Waals surface area contributed by atoms with Crippen LogP contribution in [0, 0.1) is 0 Å². The van der Waals surface area contributed by atoms with Crippen LogP contribution >= 0.6 is 0 Å². The Morgan fingerprint density at radius 2 is 2.40 bits per heavy atom. The normalized spacial score (nSPS) is 14.7. The van der Waals surface area contributed by atoms with Crippen LogP contribution in [-0.2, 0) is 16.0 Å². The average Bonchev–Trinajstić information content (AvgIpc) is 2.73. The van der Waals surface area contributed by atoms with E-state index in [0.29, 0.717) is 0 Å². The number of rotatable bonds is 4. The summed E-state index contributed by atoms with van der Waals surface area (Å²) in [5.74, 6) is 0.514. The van der Waals surface area contributed by atoms with E-state index >= 15 is 0 Å². The summed E-state index contributed by atoms with van der Waals surface area (Å²) in [5, 5.41) is 0. The molecule has 0 amide bonds. The minimum atomic E-state index is -0.658. The van der Waals surface area contributed by atoms with E-state index in [1.165, 1.54) is 7.11 Å². The monoisotopic (exact) mass is 211 g/mol. The number of ether oxygens (including phenoxy) is 1. The van der Waals surface area contributed by atoms with Gasteiger partial charge in [0.25, 0.3) is 0 Å². The number of nitrogens with zero attached hydrogens (tertiary/aromatic N) is 2. The number of carbonyl (C=O) groups excluding carboxylic acids is 1. The van der Waals surface area contributed by atoms with E-state index in [2.05, 4.69) is 9.72 Å². The number of aromatic nitrogens is 2. The highest BCUT2D eigenvalue weighted by Crippen LogP contribution is 2.13. The number of esters is 1. The van der Waals surface area contributed by atoms with Crippen molar-refractivity contribution in [1.82, 2.24) is 9.55 Å². The van der Waals surface area contributed by atoms with Gasteiger partial charge in [0.05, 0.1) is 13.2 Å². The maximum absolute atomic E-state index is 11.3. The van der Waals surface area contributed by atoms with E-state index in [-0.39, 0.29) is 6.04 Å². The van der Waals surface area contributed by atoms with Gasteiger partial charge in [-0.05, 0) is 6.92 Å². The van der Waals surface area contributed by atoms with Crippen molar-refractivity contribution in [2.45, 2.75) is 32.4 Å². The lowest BCUT2D eigenvalue weighted by Gasteiger charge is -2.20. The molecule has 1 aromatic heterocycles. The van der Waals surface area contributed by atoms with Crippen molar-refractivity contribution in [1.29, 1.82) is 0 Å². The summed E-state index contributed by atoms with van der Waals surface area (Å²) in [6.45, 7) is 3.89. The zero-order valence-electron chi connectivity index (χ0n) is 9.30. The molecule has 0 bridgehead atoms. The Balaban J connectivity index is 2.84. The first-order valence-corrected chi connectivity index (χ1v) is 4.96. The predicted octanol–water partition coefficient (Wildman–Crippen LogP) is 0.507. The van der Waals surface area contributed by atoms with Gasteiger partial charge in [0, 0.05) is 18.8 Å². The largest absolute Gasteiger partial charge is 0.468 e. The van der Waals surface area contributed by atoms with Crippen LogP contribution in [0.3, 0.4) is 0 Å². The smallest absolute Gasteiger partial charge is 0.324 e. The van der Waals surface area contributed by atoms with Gasteiger partial charge in [-0.3, -0.25) is 4.79 Å². The second-order valence-electron chi connectivity index (χ2n) is 3.39. The van der Waals surface area contributed by atoms with Gasteiger partial charge in [-0.2, -0.15) is 0 Å². The van der Waals surface area contributed by atoms with Crippen molar-refractivity contribution < 1.29 is 9.53 Å². The predicted molar refractivity (Wildman–Crippen MR) is 56.3 cm³/mol. The number of nitrogens with two attached hydrogens (primary N) is 1. The van der Waals surface area contributed by atoms with Gasteiger partial charge in [0.15, 0.2) is 0 Å². The molecule has 0 saturated carbocycles. The Hall–Kier alpha value is -1.36. The first-order valence-electron chi connectivity index (χ1n) is 4.96. The van der Waals surface area contributed by atoms with Crippen molar-refractivity contribution in [3.8, 4) is 0 Å². The summed E-state index contributed by atoms with van der Waals surface area (Å²) in [7, 11) is 1.34. The molecule has 15 heavy (non-hydrogen) atoms. The number of aryl methyl sites for hydroxylation is 1. The van der Waals surface area contributed by atoms with E-state index in [1.54, 1.807) is 6.20 Å². The zero-order chi connectivity index (χ0) is 11.4. The van der Waals surface area contributed by atoms with E-state index in [9.17, 15) is 4.79 Å². The maximum Gasteiger partial charge on any atom is 0.324 e. The molecule has 2 N–H and O–H groups in total. The van der Waals surface area contributed by atoms with Crippen molar-refractivity contribution in [2.75, 3.05) is 7.11 Å². The summed E-state index contributed by atoms with van der Waals surface area (Å²) in [4.78, 5) is 15.4. The summed E-state index contributed by atoms with van der Waals surface area (Å²) >= 11 is 0. The fourth-order valence-electron chi connectivity index (χ4n) is 1.49. The molecule has 0 saturated heterocycles. The van der Waals surface area contributed by atoms with Crippen LogP contribution in [0.25, 0.3) is 0 Å². The highest BCUT2D eigenvalue weighted by atomic mass is 16.5. The van der Waals surface area contributed by atoms with Crippen LogP contribution < -0.4 is 5.73 Å². The lowest BCUT2D eigenvalue weighted by Crippen LogP contribution is -2.39. The van der Waals surface area contributed by atoms with Gasteiger partial charge in [-0.25, -0.2) is 4.98 Å². The minimum Gasteiger partial charge on any atom is -0.468 e.